The first-order valence-electron chi connectivity index (χ1n) is 8.76. The monoisotopic (exact) mass is 411 g/mol. The first-order valence-corrected chi connectivity index (χ1v) is 9.14. The number of amides is 1. The maximum Gasteiger partial charge on any atom is 0.262 e. The number of halogens is 2. The van der Waals surface area contributed by atoms with Crippen molar-refractivity contribution in [1.82, 2.24) is 0 Å². The van der Waals surface area contributed by atoms with Crippen LogP contribution in [0.1, 0.15) is 5.56 Å². The average Bonchev–Trinajstić information content (AvgIpc) is 2.69. The average molecular weight is 412 g/mol. The molecule has 0 aliphatic heterocycles. The highest BCUT2D eigenvalue weighted by atomic mass is 35.5. The molecule has 0 radical (unpaired) electrons. The lowest BCUT2D eigenvalue weighted by Gasteiger charge is -2.09. The van der Waals surface area contributed by atoms with Gasteiger partial charge in [0.2, 0.25) is 5.43 Å². The minimum Gasteiger partial charge on any atom is -0.481 e. The standard InChI is InChI=1S/C22H15ClFNO4/c1-12-8-19-15(10-16(12)23)22(27)14-7-6-13(9-20(14)29-19)25-21(26)11-28-18-5-3-2-4-17(18)24/h2-10H,11H2,1H3,(H,25,26). The van der Waals surface area contributed by atoms with Crippen LogP contribution in [0.25, 0.3) is 21.9 Å². The number of anilines is 1. The molecule has 0 atom stereocenters. The molecule has 1 amide bonds. The van der Waals surface area contributed by atoms with Crippen molar-refractivity contribution in [3.8, 4) is 5.75 Å². The number of para-hydroxylation sites is 1. The summed E-state index contributed by atoms with van der Waals surface area (Å²) in [4.78, 5) is 24.8. The summed E-state index contributed by atoms with van der Waals surface area (Å²) in [6.07, 6.45) is 0. The zero-order chi connectivity index (χ0) is 20.5. The molecule has 7 heteroatoms. The maximum absolute atomic E-state index is 13.6. The van der Waals surface area contributed by atoms with Crippen molar-refractivity contribution in [3.63, 3.8) is 0 Å². The van der Waals surface area contributed by atoms with Gasteiger partial charge in [-0.2, -0.15) is 0 Å². The number of hydrogen-bond acceptors (Lipinski definition) is 4. The molecule has 0 aliphatic carbocycles. The minimum absolute atomic E-state index is 0.00680. The Bertz CT molecular complexity index is 1320. The van der Waals surface area contributed by atoms with Crippen molar-refractivity contribution < 1.29 is 18.3 Å². The number of ether oxygens (including phenoxy) is 1. The van der Waals surface area contributed by atoms with Gasteiger partial charge in [-0.15, -0.1) is 0 Å². The van der Waals surface area contributed by atoms with Crippen LogP contribution in [-0.4, -0.2) is 12.5 Å². The highest BCUT2D eigenvalue weighted by Crippen LogP contribution is 2.26. The van der Waals surface area contributed by atoms with Gasteiger partial charge in [0.05, 0.1) is 10.8 Å². The highest BCUT2D eigenvalue weighted by Gasteiger charge is 2.12. The summed E-state index contributed by atoms with van der Waals surface area (Å²) >= 11 is 6.11. The van der Waals surface area contributed by atoms with Crippen LogP contribution in [-0.2, 0) is 4.79 Å². The smallest absolute Gasteiger partial charge is 0.262 e. The summed E-state index contributed by atoms with van der Waals surface area (Å²) in [6.45, 7) is 1.45. The SMILES string of the molecule is Cc1cc2oc3cc(NC(=O)COc4ccccc4F)ccc3c(=O)c2cc1Cl. The number of rotatable bonds is 4. The van der Waals surface area contributed by atoms with Crippen molar-refractivity contribution in [2.45, 2.75) is 6.92 Å². The Morgan fingerprint density at radius 3 is 2.66 bits per heavy atom. The van der Waals surface area contributed by atoms with Crippen LogP contribution in [0.5, 0.6) is 5.75 Å². The number of hydrogen-bond donors (Lipinski definition) is 1. The Morgan fingerprint density at radius 2 is 1.86 bits per heavy atom. The zero-order valence-electron chi connectivity index (χ0n) is 15.3. The molecule has 0 saturated carbocycles. The van der Waals surface area contributed by atoms with E-state index in [-0.39, 0.29) is 17.8 Å². The quantitative estimate of drug-likeness (QED) is 0.476. The van der Waals surface area contributed by atoms with Crippen molar-refractivity contribution in [1.29, 1.82) is 0 Å². The van der Waals surface area contributed by atoms with E-state index in [9.17, 15) is 14.0 Å². The number of nitrogens with one attached hydrogen (secondary N) is 1. The van der Waals surface area contributed by atoms with Crippen molar-refractivity contribution in [3.05, 3.63) is 81.2 Å². The van der Waals surface area contributed by atoms with Crippen LogP contribution in [0.3, 0.4) is 0 Å². The van der Waals surface area contributed by atoms with E-state index in [1.54, 1.807) is 36.4 Å². The summed E-state index contributed by atoms with van der Waals surface area (Å²) in [5, 5.41) is 3.90. The van der Waals surface area contributed by atoms with Crippen LogP contribution in [0.2, 0.25) is 5.02 Å². The molecule has 0 spiro atoms. The van der Waals surface area contributed by atoms with Gasteiger partial charge in [0.15, 0.2) is 18.2 Å². The molecule has 0 saturated heterocycles. The van der Waals surface area contributed by atoms with E-state index in [0.717, 1.165) is 5.56 Å². The van der Waals surface area contributed by atoms with E-state index in [4.69, 9.17) is 20.8 Å². The van der Waals surface area contributed by atoms with Gasteiger partial charge in [-0.1, -0.05) is 23.7 Å². The van der Waals surface area contributed by atoms with Crippen LogP contribution in [0.4, 0.5) is 10.1 Å². The lowest BCUT2D eigenvalue weighted by atomic mass is 10.1. The fourth-order valence-corrected chi connectivity index (χ4v) is 3.12. The lowest BCUT2D eigenvalue weighted by Crippen LogP contribution is -2.20. The molecule has 5 nitrogen and oxygen atoms in total. The topological polar surface area (TPSA) is 68.5 Å². The molecular formula is C22H15ClFNO4. The number of fused-ring (bicyclic) bond motifs is 2. The summed E-state index contributed by atoms with van der Waals surface area (Å²) in [5.41, 5.74) is 1.75. The first-order chi connectivity index (χ1) is 13.9. The summed E-state index contributed by atoms with van der Waals surface area (Å²) < 4.78 is 24.6. The fraction of sp³-hybridized carbons (Fsp3) is 0.0909. The predicted octanol–water partition coefficient (Wildman–Crippen LogP) is 5.06. The van der Waals surface area contributed by atoms with Gasteiger partial charge in [0, 0.05) is 16.8 Å². The van der Waals surface area contributed by atoms with Crippen LogP contribution in [0, 0.1) is 12.7 Å². The second-order valence-corrected chi connectivity index (χ2v) is 6.91. The van der Waals surface area contributed by atoms with Gasteiger partial charge in [0.1, 0.15) is 11.2 Å². The second kappa shape index (κ2) is 7.56. The van der Waals surface area contributed by atoms with Gasteiger partial charge < -0.3 is 14.5 Å². The van der Waals surface area contributed by atoms with E-state index >= 15 is 0 Å². The van der Waals surface area contributed by atoms with Gasteiger partial charge >= 0.3 is 0 Å². The number of aryl methyl sites for hydroxylation is 1. The molecule has 0 bridgehead atoms. The van der Waals surface area contributed by atoms with E-state index < -0.39 is 11.7 Å². The second-order valence-electron chi connectivity index (χ2n) is 6.51. The number of carbonyl (C=O) groups excluding carboxylic acids is 1. The minimum atomic E-state index is -0.546. The Balaban J connectivity index is 1.59. The van der Waals surface area contributed by atoms with Gasteiger partial charge in [0.25, 0.3) is 5.91 Å². The van der Waals surface area contributed by atoms with Gasteiger partial charge in [-0.25, -0.2) is 4.39 Å². The largest absolute Gasteiger partial charge is 0.481 e. The maximum atomic E-state index is 13.6. The van der Waals surface area contributed by atoms with Crippen LogP contribution < -0.4 is 15.5 Å². The van der Waals surface area contributed by atoms with Crippen molar-refractivity contribution in [2.24, 2.45) is 0 Å². The van der Waals surface area contributed by atoms with Gasteiger partial charge in [-0.3, -0.25) is 9.59 Å². The molecule has 1 heterocycles. The Labute approximate surface area is 169 Å². The summed E-state index contributed by atoms with van der Waals surface area (Å²) in [6, 6.07) is 13.8. The molecule has 0 unspecified atom stereocenters. The van der Waals surface area contributed by atoms with E-state index in [0.29, 0.717) is 32.6 Å². The first kappa shape index (κ1) is 19.0. The Hall–Kier alpha value is -3.38. The molecule has 1 N–H and O–H groups in total. The predicted molar refractivity (Wildman–Crippen MR) is 110 cm³/mol. The molecule has 3 aromatic carbocycles. The Kier molecular flexibility index (Phi) is 4.94. The Morgan fingerprint density at radius 1 is 1.10 bits per heavy atom. The molecular weight excluding hydrogens is 397 g/mol. The molecule has 146 valence electrons. The fourth-order valence-electron chi connectivity index (χ4n) is 2.95. The highest BCUT2D eigenvalue weighted by molar-refractivity contribution is 6.32. The van der Waals surface area contributed by atoms with Crippen LogP contribution in [0.15, 0.2) is 63.8 Å². The lowest BCUT2D eigenvalue weighted by molar-refractivity contribution is -0.118. The third-order valence-electron chi connectivity index (χ3n) is 4.43. The molecule has 0 aliphatic rings. The van der Waals surface area contributed by atoms with Gasteiger partial charge in [-0.05, 0) is 48.9 Å². The van der Waals surface area contributed by atoms with Crippen molar-refractivity contribution >= 4 is 45.1 Å². The molecule has 4 aromatic rings. The molecule has 4 rings (SSSR count). The third-order valence-corrected chi connectivity index (χ3v) is 4.84. The summed E-state index contributed by atoms with van der Waals surface area (Å²) in [7, 11) is 0. The molecule has 0 fully saturated rings. The van der Waals surface area contributed by atoms with Crippen molar-refractivity contribution in [2.75, 3.05) is 11.9 Å². The zero-order valence-corrected chi connectivity index (χ0v) is 16.0. The normalized spacial score (nSPS) is 11.0. The van der Waals surface area contributed by atoms with Crippen LogP contribution >= 0.6 is 11.6 Å². The van der Waals surface area contributed by atoms with E-state index in [1.165, 1.54) is 18.2 Å². The number of benzene rings is 3. The molecule has 29 heavy (non-hydrogen) atoms. The van der Waals surface area contributed by atoms with E-state index in [1.807, 2.05) is 6.92 Å². The number of carbonyl (C=O) groups is 1. The summed E-state index contributed by atoms with van der Waals surface area (Å²) in [5.74, 6) is -1.03. The van der Waals surface area contributed by atoms with E-state index in [2.05, 4.69) is 5.32 Å². The molecule has 1 aromatic heterocycles. The third kappa shape index (κ3) is 3.79.